The molecule has 2 aromatic rings. The molecule has 4 heteroatoms. The number of rotatable bonds is 7. The first-order valence-electron chi connectivity index (χ1n) is 7.42. The summed E-state index contributed by atoms with van der Waals surface area (Å²) in [7, 11) is 1.61. The van der Waals surface area contributed by atoms with Crippen LogP contribution in [0.2, 0.25) is 0 Å². The van der Waals surface area contributed by atoms with Gasteiger partial charge < -0.3 is 4.74 Å². The molecule has 118 valence electrons. The summed E-state index contributed by atoms with van der Waals surface area (Å²) in [6.07, 6.45) is 1.12. The molecular formula is C19H18ClNO2. The lowest BCUT2D eigenvalue weighted by atomic mass is 9.91. The molecule has 0 aliphatic rings. The van der Waals surface area contributed by atoms with E-state index in [-0.39, 0.29) is 11.7 Å². The van der Waals surface area contributed by atoms with Gasteiger partial charge in [-0.25, -0.2) is 0 Å². The molecule has 0 radical (unpaired) electrons. The summed E-state index contributed by atoms with van der Waals surface area (Å²) in [4.78, 5) is 12.0. The third kappa shape index (κ3) is 4.34. The number of ether oxygens (including phenoxy) is 1. The molecule has 3 nitrogen and oxygen atoms in total. The third-order valence-corrected chi connectivity index (χ3v) is 3.95. The lowest BCUT2D eigenvalue weighted by molar-refractivity contribution is 0.0982. The van der Waals surface area contributed by atoms with Crippen LogP contribution < -0.4 is 4.74 Å². The van der Waals surface area contributed by atoms with E-state index in [1.54, 1.807) is 19.2 Å². The first kappa shape index (κ1) is 17.1. The van der Waals surface area contributed by atoms with Crippen LogP contribution in [0.1, 0.15) is 40.2 Å². The van der Waals surface area contributed by atoms with Gasteiger partial charge in [-0.3, -0.25) is 4.79 Å². The summed E-state index contributed by atoms with van der Waals surface area (Å²) >= 11 is 5.61. The minimum absolute atomic E-state index is 0.0788. The summed E-state index contributed by atoms with van der Waals surface area (Å²) in [5, 5.41) is 9.49. The molecule has 0 unspecified atom stereocenters. The van der Waals surface area contributed by atoms with Crippen molar-refractivity contribution in [3.8, 4) is 11.8 Å². The van der Waals surface area contributed by atoms with Crippen molar-refractivity contribution in [1.29, 1.82) is 5.26 Å². The van der Waals surface area contributed by atoms with Crippen molar-refractivity contribution in [2.75, 3.05) is 13.0 Å². The Hall–Kier alpha value is -2.31. The molecule has 0 heterocycles. The number of hydrogen-bond donors (Lipinski definition) is 0. The Kier molecular flexibility index (Phi) is 6.19. The third-order valence-electron chi connectivity index (χ3n) is 3.68. The average molecular weight is 328 g/mol. The smallest absolute Gasteiger partial charge is 0.162 e. The normalized spacial score (nSPS) is 11.5. The van der Waals surface area contributed by atoms with Crippen molar-refractivity contribution >= 4 is 17.4 Å². The number of Topliss-reactive ketones (excluding diaryl/α,β-unsaturated/α-hetero) is 1. The minimum Gasteiger partial charge on any atom is -0.497 e. The fourth-order valence-electron chi connectivity index (χ4n) is 2.37. The Balaban J connectivity index is 2.18. The van der Waals surface area contributed by atoms with E-state index < -0.39 is 0 Å². The van der Waals surface area contributed by atoms with Crippen LogP contribution in [0.3, 0.4) is 0 Å². The summed E-state index contributed by atoms with van der Waals surface area (Å²) in [6, 6.07) is 17.0. The number of hydrogen-bond acceptors (Lipinski definition) is 3. The zero-order valence-corrected chi connectivity index (χ0v) is 13.7. The van der Waals surface area contributed by atoms with Crippen LogP contribution in [0, 0.1) is 11.3 Å². The Morgan fingerprint density at radius 3 is 2.17 bits per heavy atom. The molecule has 0 aliphatic heterocycles. The highest BCUT2D eigenvalue weighted by molar-refractivity contribution is 6.18. The van der Waals surface area contributed by atoms with Crippen molar-refractivity contribution in [3.05, 3.63) is 65.2 Å². The van der Waals surface area contributed by atoms with Gasteiger partial charge in [0.2, 0.25) is 0 Å². The van der Waals surface area contributed by atoms with Crippen LogP contribution in [0.4, 0.5) is 0 Å². The van der Waals surface area contributed by atoms with Gasteiger partial charge in [0.25, 0.3) is 0 Å². The van der Waals surface area contributed by atoms with E-state index in [2.05, 4.69) is 6.07 Å². The van der Waals surface area contributed by atoms with Gasteiger partial charge >= 0.3 is 0 Å². The maximum absolute atomic E-state index is 12.0. The van der Waals surface area contributed by atoms with E-state index in [0.29, 0.717) is 24.3 Å². The molecule has 0 N–H and O–H groups in total. The van der Waals surface area contributed by atoms with Gasteiger partial charge in [0, 0.05) is 17.9 Å². The summed E-state index contributed by atoms with van der Waals surface area (Å²) < 4.78 is 5.13. The van der Waals surface area contributed by atoms with Gasteiger partial charge in [-0.1, -0.05) is 36.4 Å². The predicted molar refractivity (Wildman–Crippen MR) is 91.2 cm³/mol. The SMILES string of the molecule is COc1ccc([C@@H](C#N)c2ccc(C(=O)CCCCl)cc2)cc1. The van der Waals surface area contributed by atoms with Crippen LogP contribution in [0.25, 0.3) is 0 Å². The van der Waals surface area contributed by atoms with E-state index in [4.69, 9.17) is 16.3 Å². The highest BCUT2D eigenvalue weighted by Gasteiger charge is 2.14. The van der Waals surface area contributed by atoms with E-state index in [1.165, 1.54) is 0 Å². The lowest BCUT2D eigenvalue weighted by Gasteiger charge is -2.11. The fraction of sp³-hybridized carbons (Fsp3) is 0.263. The lowest BCUT2D eigenvalue weighted by Crippen LogP contribution is -2.02. The molecule has 2 rings (SSSR count). The maximum Gasteiger partial charge on any atom is 0.162 e. The van der Waals surface area contributed by atoms with E-state index in [9.17, 15) is 10.1 Å². The average Bonchev–Trinajstić information content (AvgIpc) is 2.61. The van der Waals surface area contributed by atoms with E-state index in [1.807, 2.05) is 36.4 Å². The summed E-state index contributed by atoms with van der Waals surface area (Å²) in [5.41, 5.74) is 2.42. The number of carbonyl (C=O) groups is 1. The highest BCUT2D eigenvalue weighted by Crippen LogP contribution is 2.26. The number of ketones is 1. The number of carbonyl (C=O) groups excluding carboxylic acids is 1. The van der Waals surface area contributed by atoms with Gasteiger partial charge in [0.1, 0.15) is 5.75 Å². The fourth-order valence-corrected chi connectivity index (χ4v) is 2.50. The second kappa shape index (κ2) is 8.36. The maximum atomic E-state index is 12.0. The molecular weight excluding hydrogens is 310 g/mol. The van der Waals surface area contributed by atoms with Crippen molar-refractivity contribution in [3.63, 3.8) is 0 Å². The Bertz CT molecular complexity index is 687. The van der Waals surface area contributed by atoms with Crippen molar-refractivity contribution in [1.82, 2.24) is 0 Å². The molecule has 0 saturated heterocycles. The molecule has 0 aromatic heterocycles. The monoisotopic (exact) mass is 327 g/mol. The van der Waals surface area contributed by atoms with Crippen molar-refractivity contribution in [2.45, 2.75) is 18.8 Å². The quantitative estimate of drug-likeness (QED) is 0.553. The van der Waals surface area contributed by atoms with Crippen LogP contribution in [0.5, 0.6) is 5.75 Å². The van der Waals surface area contributed by atoms with Gasteiger partial charge in [-0.05, 0) is 29.7 Å². The molecule has 0 fully saturated rings. The molecule has 23 heavy (non-hydrogen) atoms. The molecule has 0 aliphatic carbocycles. The second-order valence-corrected chi connectivity index (χ2v) is 5.55. The zero-order valence-electron chi connectivity index (χ0n) is 13.0. The minimum atomic E-state index is -0.368. The number of methoxy groups -OCH3 is 1. The molecule has 0 saturated carbocycles. The first-order valence-corrected chi connectivity index (χ1v) is 7.95. The number of benzene rings is 2. The summed E-state index contributed by atoms with van der Waals surface area (Å²) in [5.74, 6) is 0.950. The molecule has 2 aromatic carbocycles. The van der Waals surface area contributed by atoms with E-state index in [0.717, 1.165) is 16.9 Å². The van der Waals surface area contributed by atoms with Crippen molar-refractivity contribution in [2.24, 2.45) is 0 Å². The van der Waals surface area contributed by atoms with Gasteiger partial charge in [-0.2, -0.15) is 5.26 Å². The van der Waals surface area contributed by atoms with E-state index >= 15 is 0 Å². The molecule has 0 bridgehead atoms. The standard InChI is InChI=1S/C19H18ClNO2/c1-23-17-10-8-15(9-11-17)18(13-21)14-4-6-16(7-5-14)19(22)3-2-12-20/h4-11,18H,2-3,12H2,1H3/t18-/m0/s1. The Morgan fingerprint density at radius 2 is 1.70 bits per heavy atom. The predicted octanol–water partition coefficient (Wildman–Crippen LogP) is 4.55. The largest absolute Gasteiger partial charge is 0.497 e. The molecule has 0 spiro atoms. The Morgan fingerprint density at radius 1 is 1.13 bits per heavy atom. The number of nitriles is 1. The zero-order chi connectivity index (χ0) is 16.7. The second-order valence-electron chi connectivity index (χ2n) is 5.17. The number of alkyl halides is 1. The molecule has 1 atom stereocenters. The topological polar surface area (TPSA) is 50.1 Å². The van der Waals surface area contributed by atoms with Gasteiger partial charge in [0.05, 0.1) is 19.1 Å². The molecule has 0 amide bonds. The van der Waals surface area contributed by atoms with Gasteiger partial charge in [0.15, 0.2) is 5.78 Å². The summed E-state index contributed by atoms with van der Waals surface area (Å²) in [6.45, 7) is 0. The van der Waals surface area contributed by atoms with Crippen LogP contribution in [-0.4, -0.2) is 18.8 Å². The number of nitrogens with zero attached hydrogens (tertiary/aromatic N) is 1. The Labute approximate surface area is 141 Å². The van der Waals surface area contributed by atoms with Crippen molar-refractivity contribution < 1.29 is 9.53 Å². The van der Waals surface area contributed by atoms with Gasteiger partial charge in [-0.15, -0.1) is 11.6 Å². The van der Waals surface area contributed by atoms with Crippen LogP contribution in [-0.2, 0) is 0 Å². The highest BCUT2D eigenvalue weighted by atomic mass is 35.5. The first-order chi connectivity index (χ1) is 11.2. The number of halogens is 1. The van der Waals surface area contributed by atoms with Crippen LogP contribution >= 0.6 is 11.6 Å². The van der Waals surface area contributed by atoms with Crippen LogP contribution in [0.15, 0.2) is 48.5 Å².